The van der Waals surface area contributed by atoms with Gasteiger partial charge in [-0.25, -0.2) is 4.98 Å². The van der Waals surface area contributed by atoms with Crippen molar-refractivity contribution in [1.29, 1.82) is 5.26 Å². The predicted molar refractivity (Wildman–Crippen MR) is 72.5 cm³/mol. The summed E-state index contributed by atoms with van der Waals surface area (Å²) >= 11 is 0. The summed E-state index contributed by atoms with van der Waals surface area (Å²) in [6.45, 7) is 3.66. The third kappa shape index (κ3) is 1.54. The second-order valence-electron chi connectivity index (χ2n) is 4.44. The molecule has 0 fully saturated rings. The molecule has 1 aromatic heterocycles. The topological polar surface area (TPSA) is 39.9 Å². The Morgan fingerprint density at radius 3 is 2.67 bits per heavy atom. The van der Waals surface area contributed by atoms with Gasteiger partial charge in [-0.3, -0.25) is 0 Å². The van der Waals surface area contributed by atoms with Gasteiger partial charge < -0.3 is 4.90 Å². The van der Waals surface area contributed by atoms with E-state index in [4.69, 9.17) is 0 Å². The van der Waals surface area contributed by atoms with Gasteiger partial charge in [-0.05, 0) is 18.6 Å². The highest BCUT2D eigenvalue weighted by Gasteiger charge is 2.17. The Morgan fingerprint density at radius 2 is 1.94 bits per heavy atom. The van der Waals surface area contributed by atoms with E-state index in [9.17, 15) is 5.26 Å². The van der Waals surface area contributed by atoms with Crippen molar-refractivity contribution in [3.05, 3.63) is 47.5 Å². The molecule has 0 amide bonds. The van der Waals surface area contributed by atoms with Crippen molar-refractivity contribution in [2.45, 2.75) is 6.92 Å². The maximum Gasteiger partial charge on any atom is 0.148 e. The third-order valence-electron chi connectivity index (χ3n) is 3.36. The zero-order valence-corrected chi connectivity index (χ0v) is 10.2. The van der Waals surface area contributed by atoms with Crippen molar-refractivity contribution in [1.82, 2.24) is 4.98 Å². The van der Waals surface area contributed by atoms with Gasteiger partial charge in [0.1, 0.15) is 11.9 Å². The van der Waals surface area contributed by atoms with E-state index in [1.54, 1.807) is 0 Å². The van der Waals surface area contributed by atoms with Crippen LogP contribution in [0.1, 0.15) is 11.1 Å². The average molecular weight is 235 g/mol. The van der Waals surface area contributed by atoms with Crippen LogP contribution in [0.5, 0.6) is 0 Å². The van der Waals surface area contributed by atoms with E-state index in [-0.39, 0.29) is 0 Å². The molecule has 3 heteroatoms. The van der Waals surface area contributed by atoms with E-state index in [2.05, 4.69) is 28.1 Å². The number of aryl methyl sites for hydroxylation is 1. The molecule has 2 aromatic rings. The van der Waals surface area contributed by atoms with Gasteiger partial charge >= 0.3 is 0 Å². The maximum absolute atomic E-state index is 9.38. The smallest absolute Gasteiger partial charge is 0.148 e. The largest absolute Gasteiger partial charge is 0.348 e. The number of nitriles is 1. The fourth-order valence-electron chi connectivity index (χ4n) is 2.37. The number of anilines is 1. The quantitative estimate of drug-likeness (QED) is 0.713. The second kappa shape index (κ2) is 4.15. The minimum absolute atomic E-state index is 0.692. The summed E-state index contributed by atoms with van der Waals surface area (Å²) in [5.74, 6) is 0.804. The van der Waals surface area contributed by atoms with Gasteiger partial charge in [-0.2, -0.15) is 5.26 Å². The molecule has 3 rings (SSSR count). The van der Waals surface area contributed by atoms with E-state index in [0.29, 0.717) is 5.56 Å². The second-order valence-corrected chi connectivity index (χ2v) is 4.44. The highest BCUT2D eigenvalue weighted by atomic mass is 15.2. The molecule has 0 saturated heterocycles. The van der Waals surface area contributed by atoms with E-state index in [1.165, 1.54) is 0 Å². The lowest BCUT2D eigenvalue weighted by atomic mass is 10.0. The van der Waals surface area contributed by atoms with Crippen molar-refractivity contribution in [2.75, 3.05) is 18.0 Å². The SMILES string of the molecule is Cc1c(C#N)c(N2CC=CC2)nc2ccccc12. The first-order valence-corrected chi connectivity index (χ1v) is 6.00. The van der Waals surface area contributed by atoms with Crippen LogP contribution in [0.2, 0.25) is 0 Å². The van der Waals surface area contributed by atoms with Crippen LogP contribution in [-0.4, -0.2) is 18.1 Å². The van der Waals surface area contributed by atoms with Crippen LogP contribution >= 0.6 is 0 Å². The van der Waals surface area contributed by atoms with Gasteiger partial charge in [-0.15, -0.1) is 0 Å². The van der Waals surface area contributed by atoms with Gasteiger partial charge in [0.15, 0.2) is 0 Å². The van der Waals surface area contributed by atoms with Crippen LogP contribution in [0.15, 0.2) is 36.4 Å². The Balaban J connectivity index is 2.27. The molecule has 0 radical (unpaired) electrons. The molecule has 0 saturated carbocycles. The Labute approximate surface area is 106 Å². The number of aromatic nitrogens is 1. The fraction of sp³-hybridized carbons (Fsp3) is 0.200. The lowest BCUT2D eigenvalue weighted by Crippen LogP contribution is -2.21. The Bertz CT molecular complexity index is 672. The molecule has 1 aliphatic rings. The standard InChI is InChI=1S/C15H13N3/c1-11-12-6-2-3-7-14(12)17-15(13(11)10-16)18-8-4-5-9-18/h2-7H,8-9H2,1H3. The molecule has 3 nitrogen and oxygen atoms in total. The average Bonchev–Trinajstić information content (AvgIpc) is 2.92. The molecule has 2 heterocycles. The molecule has 88 valence electrons. The van der Waals surface area contributed by atoms with Crippen LogP contribution in [0, 0.1) is 18.3 Å². The molecule has 0 spiro atoms. The van der Waals surface area contributed by atoms with E-state index >= 15 is 0 Å². The molecule has 0 bridgehead atoms. The molecular formula is C15H13N3. The summed E-state index contributed by atoms with van der Waals surface area (Å²) < 4.78 is 0. The first-order valence-electron chi connectivity index (χ1n) is 6.00. The Morgan fingerprint density at radius 1 is 1.22 bits per heavy atom. The molecule has 0 unspecified atom stereocenters. The van der Waals surface area contributed by atoms with Crippen molar-refractivity contribution in [2.24, 2.45) is 0 Å². The summed E-state index contributed by atoms with van der Waals surface area (Å²) in [6.07, 6.45) is 4.21. The van der Waals surface area contributed by atoms with Gasteiger partial charge in [0.25, 0.3) is 0 Å². The van der Waals surface area contributed by atoms with Crippen LogP contribution in [0.3, 0.4) is 0 Å². The van der Waals surface area contributed by atoms with Gasteiger partial charge in [0.2, 0.25) is 0 Å². The summed E-state index contributed by atoms with van der Waals surface area (Å²) in [6, 6.07) is 10.3. The Hall–Kier alpha value is -2.34. The summed E-state index contributed by atoms with van der Waals surface area (Å²) in [4.78, 5) is 6.78. The van der Waals surface area contributed by atoms with Gasteiger partial charge in [-0.1, -0.05) is 30.4 Å². The third-order valence-corrected chi connectivity index (χ3v) is 3.36. The maximum atomic E-state index is 9.38. The van der Waals surface area contributed by atoms with Gasteiger partial charge in [0, 0.05) is 18.5 Å². The van der Waals surface area contributed by atoms with Crippen LogP contribution in [-0.2, 0) is 0 Å². The fourth-order valence-corrected chi connectivity index (χ4v) is 2.37. The zero-order valence-electron chi connectivity index (χ0n) is 10.2. The zero-order chi connectivity index (χ0) is 12.5. The molecule has 18 heavy (non-hydrogen) atoms. The van der Waals surface area contributed by atoms with Crippen LogP contribution in [0.4, 0.5) is 5.82 Å². The van der Waals surface area contributed by atoms with Gasteiger partial charge in [0.05, 0.1) is 11.1 Å². The van der Waals surface area contributed by atoms with E-state index in [1.807, 2.05) is 31.2 Å². The van der Waals surface area contributed by atoms with Crippen LogP contribution < -0.4 is 4.90 Å². The highest BCUT2D eigenvalue weighted by Crippen LogP contribution is 2.28. The van der Waals surface area contributed by atoms with E-state index in [0.717, 1.165) is 35.4 Å². The number of pyridine rings is 1. The molecule has 0 atom stereocenters. The minimum Gasteiger partial charge on any atom is -0.348 e. The summed E-state index contributed by atoms with van der Waals surface area (Å²) in [5, 5.41) is 10.4. The monoisotopic (exact) mass is 235 g/mol. The van der Waals surface area contributed by atoms with Crippen molar-refractivity contribution in [3.63, 3.8) is 0 Å². The normalized spacial score (nSPS) is 14.1. The first-order chi connectivity index (χ1) is 8.81. The number of hydrogen-bond acceptors (Lipinski definition) is 3. The molecular weight excluding hydrogens is 222 g/mol. The molecule has 1 aliphatic heterocycles. The van der Waals surface area contributed by atoms with Crippen molar-refractivity contribution in [3.8, 4) is 6.07 Å². The lowest BCUT2D eigenvalue weighted by molar-refractivity contribution is 0.970. The number of para-hydroxylation sites is 1. The molecule has 0 N–H and O–H groups in total. The van der Waals surface area contributed by atoms with E-state index < -0.39 is 0 Å². The summed E-state index contributed by atoms with van der Waals surface area (Å²) in [5.41, 5.74) is 2.67. The summed E-state index contributed by atoms with van der Waals surface area (Å²) in [7, 11) is 0. The Kier molecular flexibility index (Phi) is 2.49. The number of hydrogen-bond donors (Lipinski definition) is 0. The molecule has 0 aliphatic carbocycles. The number of benzene rings is 1. The first kappa shape index (κ1) is 10.8. The number of nitrogens with zero attached hydrogens (tertiary/aromatic N) is 3. The van der Waals surface area contributed by atoms with Crippen molar-refractivity contribution >= 4 is 16.7 Å². The lowest BCUT2D eigenvalue weighted by Gasteiger charge is -2.19. The number of fused-ring (bicyclic) bond motifs is 1. The van der Waals surface area contributed by atoms with Crippen LogP contribution in [0.25, 0.3) is 10.9 Å². The highest BCUT2D eigenvalue weighted by molar-refractivity contribution is 5.87. The van der Waals surface area contributed by atoms with Crippen molar-refractivity contribution < 1.29 is 0 Å². The number of rotatable bonds is 1. The minimum atomic E-state index is 0.692. The predicted octanol–water partition coefficient (Wildman–Crippen LogP) is 2.79. The molecule has 1 aromatic carbocycles.